The molecule has 1 saturated heterocycles. The summed E-state index contributed by atoms with van der Waals surface area (Å²) in [6, 6.07) is 1.55. The smallest absolute Gasteiger partial charge is 0.417 e. The quantitative estimate of drug-likeness (QED) is 0.219. The normalized spacial score (nSPS) is 20.7. The molecular weight excluding hydrogens is 589 g/mol. The van der Waals surface area contributed by atoms with Crippen LogP contribution in [-0.2, 0) is 26.6 Å². The second kappa shape index (κ2) is 10.6. The second-order valence-electron chi connectivity index (χ2n) is 12.2. The number of aliphatic carboxylic acids is 1. The molecule has 0 aliphatic carbocycles. The highest BCUT2D eigenvalue weighted by Gasteiger charge is 2.45. The van der Waals surface area contributed by atoms with Crippen LogP contribution in [0.3, 0.4) is 0 Å². The maximum atomic E-state index is 14.8. The summed E-state index contributed by atoms with van der Waals surface area (Å²) in [6.45, 7) is 9.66. The van der Waals surface area contributed by atoms with E-state index in [4.69, 9.17) is 21.7 Å². The van der Waals surface area contributed by atoms with Gasteiger partial charge in [-0.2, -0.15) is 13.2 Å². The molecule has 0 atom stereocenters. The first-order chi connectivity index (χ1) is 19.5. The van der Waals surface area contributed by atoms with Gasteiger partial charge in [0, 0.05) is 42.7 Å². The van der Waals surface area contributed by atoms with E-state index in [0.29, 0.717) is 12.0 Å². The number of rotatable bonds is 6. The molecule has 5 rings (SSSR count). The summed E-state index contributed by atoms with van der Waals surface area (Å²) in [4.78, 5) is 40.4. The number of hydrogen-bond donors (Lipinski definition) is 1. The van der Waals surface area contributed by atoms with Gasteiger partial charge in [0.25, 0.3) is 5.91 Å². The second-order valence-corrected chi connectivity index (χ2v) is 13.8. The summed E-state index contributed by atoms with van der Waals surface area (Å²) in [6.07, 6.45) is 0.250. The number of thioether (sulfide) groups is 1. The van der Waals surface area contributed by atoms with Crippen LogP contribution in [0.1, 0.15) is 75.6 Å². The van der Waals surface area contributed by atoms with E-state index in [1.807, 2.05) is 27.7 Å². The number of thiocarbonyl (C=S) groups is 1. The van der Waals surface area contributed by atoms with Crippen molar-refractivity contribution in [3.63, 3.8) is 0 Å². The Kier molecular flexibility index (Phi) is 7.62. The molecular formula is C30H31F3N2O5S2. The van der Waals surface area contributed by atoms with Crippen LogP contribution in [0.4, 0.5) is 18.9 Å². The molecule has 1 amide bonds. The van der Waals surface area contributed by atoms with Gasteiger partial charge in [0.2, 0.25) is 0 Å². The standard InChI is InChI=1S/C30H31F3N2O5S2/c1-28(2)10-13-34-14-11-29(3,4)22-23(34)18(28)15-17-21(30(31,32)33)16(26(39)40-24(17)22)7-5-8-19-25(38)35(27(41)42-19)12-6-9-20(36)37/h5,7-8,15H,6,9-14H2,1-4H3,(H,36,37). The zero-order valence-electron chi connectivity index (χ0n) is 23.7. The number of fused-ring (bicyclic) bond motifs is 2. The number of carbonyl (C=O) groups excluding carboxylic acids is 1. The number of halogens is 3. The Morgan fingerprint density at radius 2 is 1.83 bits per heavy atom. The number of hydrogen-bond acceptors (Lipinski definition) is 7. The number of amides is 1. The van der Waals surface area contributed by atoms with Gasteiger partial charge >= 0.3 is 17.8 Å². The van der Waals surface area contributed by atoms with Gasteiger partial charge in [-0.15, -0.1) is 0 Å². The lowest BCUT2D eigenvalue weighted by atomic mass is 9.69. The van der Waals surface area contributed by atoms with Crippen LogP contribution < -0.4 is 10.5 Å². The van der Waals surface area contributed by atoms with Crippen LogP contribution in [-0.4, -0.2) is 45.8 Å². The van der Waals surface area contributed by atoms with Crippen molar-refractivity contribution in [2.45, 2.75) is 70.4 Å². The molecule has 224 valence electrons. The molecule has 42 heavy (non-hydrogen) atoms. The zero-order valence-corrected chi connectivity index (χ0v) is 25.3. The van der Waals surface area contributed by atoms with Crippen molar-refractivity contribution in [3.8, 4) is 0 Å². The van der Waals surface area contributed by atoms with Crippen LogP contribution in [0.5, 0.6) is 0 Å². The molecule has 4 heterocycles. The molecule has 0 unspecified atom stereocenters. The third kappa shape index (κ3) is 5.27. The molecule has 0 saturated carbocycles. The van der Waals surface area contributed by atoms with Gasteiger partial charge in [0.05, 0.1) is 16.0 Å². The minimum Gasteiger partial charge on any atom is -0.481 e. The number of nitrogens with zero attached hydrogens (tertiary/aromatic N) is 2. The number of carbonyl (C=O) groups is 2. The topological polar surface area (TPSA) is 91.1 Å². The fraction of sp³-hybridized carbons (Fsp3) is 0.467. The Hall–Kier alpha value is -3.12. The fourth-order valence-electron chi connectivity index (χ4n) is 6.02. The van der Waals surface area contributed by atoms with Crippen LogP contribution in [0.25, 0.3) is 17.0 Å². The van der Waals surface area contributed by atoms with E-state index in [2.05, 4.69) is 4.90 Å². The van der Waals surface area contributed by atoms with Crippen molar-refractivity contribution in [1.29, 1.82) is 0 Å². The van der Waals surface area contributed by atoms with Crippen LogP contribution in [0.15, 0.2) is 32.3 Å². The van der Waals surface area contributed by atoms with Gasteiger partial charge < -0.3 is 14.4 Å². The summed E-state index contributed by atoms with van der Waals surface area (Å²) in [7, 11) is 0. The van der Waals surface area contributed by atoms with Crippen molar-refractivity contribution in [1.82, 2.24) is 4.90 Å². The number of alkyl halides is 3. The number of benzene rings is 1. The predicted octanol–water partition coefficient (Wildman–Crippen LogP) is 6.60. The highest BCUT2D eigenvalue weighted by atomic mass is 32.2. The van der Waals surface area contributed by atoms with Gasteiger partial charge in [-0.05, 0) is 53.9 Å². The molecule has 3 aliphatic rings. The fourth-order valence-corrected chi connectivity index (χ4v) is 7.28. The zero-order chi connectivity index (χ0) is 30.8. The Labute approximate surface area is 250 Å². The number of anilines is 1. The van der Waals surface area contributed by atoms with Crippen LogP contribution in [0, 0.1) is 0 Å². The molecule has 1 aromatic carbocycles. The Morgan fingerprint density at radius 3 is 2.48 bits per heavy atom. The Morgan fingerprint density at radius 1 is 1.17 bits per heavy atom. The van der Waals surface area contributed by atoms with E-state index in [9.17, 15) is 27.6 Å². The molecule has 3 aliphatic heterocycles. The van der Waals surface area contributed by atoms with Gasteiger partial charge in [-0.1, -0.05) is 57.8 Å². The van der Waals surface area contributed by atoms with Gasteiger partial charge in [-0.3, -0.25) is 14.5 Å². The molecule has 1 aromatic heterocycles. The first-order valence-corrected chi connectivity index (χ1v) is 14.9. The largest absolute Gasteiger partial charge is 0.481 e. The molecule has 12 heteroatoms. The van der Waals surface area contributed by atoms with E-state index in [1.165, 1.54) is 17.1 Å². The first-order valence-electron chi connectivity index (χ1n) is 13.7. The number of carboxylic acids is 1. The Balaban J connectivity index is 1.63. The summed E-state index contributed by atoms with van der Waals surface area (Å²) >= 11 is 6.18. The van der Waals surface area contributed by atoms with Crippen molar-refractivity contribution in [2.24, 2.45) is 0 Å². The molecule has 2 aromatic rings. The third-order valence-corrected chi connectivity index (χ3v) is 9.78. The predicted molar refractivity (Wildman–Crippen MR) is 161 cm³/mol. The van der Waals surface area contributed by atoms with Crippen molar-refractivity contribution >= 4 is 62.9 Å². The third-order valence-electron chi connectivity index (χ3n) is 8.38. The summed E-state index contributed by atoms with van der Waals surface area (Å²) in [5.41, 5.74) is -1.41. The van der Waals surface area contributed by atoms with E-state index in [0.717, 1.165) is 48.6 Å². The van der Waals surface area contributed by atoms with Crippen molar-refractivity contribution in [3.05, 3.63) is 55.8 Å². The summed E-state index contributed by atoms with van der Waals surface area (Å²) < 4.78 is 50.4. The summed E-state index contributed by atoms with van der Waals surface area (Å²) in [5, 5.41) is 8.69. The highest BCUT2D eigenvalue weighted by Crippen LogP contribution is 2.53. The van der Waals surface area contributed by atoms with Gasteiger partial charge in [0.15, 0.2) is 0 Å². The van der Waals surface area contributed by atoms with E-state index < -0.39 is 40.2 Å². The lowest BCUT2D eigenvalue weighted by molar-refractivity contribution is -0.138. The maximum Gasteiger partial charge on any atom is 0.417 e. The van der Waals surface area contributed by atoms with Crippen LogP contribution in [0.2, 0.25) is 0 Å². The molecule has 1 fully saturated rings. The monoisotopic (exact) mass is 620 g/mol. The first kappa shape index (κ1) is 30.3. The minimum absolute atomic E-state index is 0.0298. The molecule has 1 N–H and O–H groups in total. The molecule has 0 bridgehead atoms. The number of carboxylic acid groups (broad SMARTS) is 1. The Bertz CT molecular complexity index is 1640. The SMILES string of the molecule is CC1(C)CCN2CCC(C)(C)c3c2c1cc1c(C(F)(F)F)c(C=CC=C2SC(=S)N(CCCC(=O)O)C2=O)c(=O)oc31. The minimum atomic E-state index is -4.86. The maximum absolute atomic E-state index is 14.8. The molecule has 7 nitrogen and oxygen atoms in total. The number of allylic oxidation sites excluding steroid dienone is 2. The summed E-state index contributed by atoms with van der Waals surface area (Å²) in [5.74, 6) is -1.47. The average molecular weight is 621 g/mol. The van der Waals surface area contributed by atoms with E-state index >= 15 is 0 Å². The average Bonchev–Trinajstić information content (AvgIpc) is 3.13. The molecule has 0 spiro atoms. The van der Waals surface area contributed by atoms with Gasteiger partial charge in [-0.25, -0.2) is 4.79 Å². The molecule has 0 radical (unpaired) electrons. The lowest BCUT2D eigenvalue weighted by Crippen LogP contribution is -2.45. The van der Waals surface area contributed by atoms with Crippen molar-refractivity contribution < 1.29 is 32.3 Å². The van der Waals surface area contributed by atoms with Crippen LogP contribution >= 0.6 is 24.0 Å². The lowest BCUT2D eigenvalue weighted by Gasteiger charge is -2.48. The van der Waals surface area contributed by atoms with E-state index in [-0.39, 0.29) is 45.0 Å². The van der Waals surface area contributed by atoms with Gasteiger partial charge in [0.1, 0.15) is 9.90 Å². The highest BCUT2D eigenvalue weighted by molar-refractivity contribution is 8.26. The van der Waals surface area contributed by atoms with E-state index in [1.54, 1.807) is 6.07 Å². The van der Waals surface area contributed by atoms with Crippen molar-refractivity contribution in [2.75, 3.05) is 24.5 Å².